The number of H-pyrrole nitrogens is 1. The van der Waals surface area contributed by atoms with Crippen LogP contribution in [0.25, 0.3) is 11.0 Å². The molecule has 1 saturated carbocycles. The van der Waals surface area contributed by atoms with E-state index in [4.69, 9.17) is 0 Å². The van der Waals surface area contributed by atoms with E-state index in [1.54, 1.807) is 29.3 Å². The lowest BCUT2D eigenvalue weighted by Gasteiger charge is -2.07. The molecule has 8 heteroatoms. The van der Waals surface area contributed by atoms with Gasteiger partial charge in [-0.2, -0.15) is 9.49 Å². The van der Waals surface area contributed by atoms with Crippen LogP contribution < -0.4 is 5.32 Å². The van der Waals surface area contributed by atoms with E-state index < -0.39 is 5.95 Å². The van der Waals surface area contributed by atoms with Gasteiger partial charge in [0.05, 0.1) is 17.6 Å². The molecule has 28 heavy (non-hydrogen) atoms. The van der Waals surface area contributed by atoms with Crippen molar-refractivity contribution in [3.63, 3.8) is 0 Å². The van der Waals surface area contributed by atoms with Gasteiger partial charge in [0, 0.05) is 42.2 Å². The van der Waals surface area contributed by atoms with Gasteiger partial charge in [-0.3, -0.25) is 4.68 Å². The van der Waals surface area contributed by atoms with Crippen LogP contribution in [0.5, 0.6) is 0 Å². The van der Waals surface area contributed by atoms with Crippen molar-refractivity contribution in [3.05, 3.63) is 59.8 Å². The number of hydrogen-bond acceptors (Lipinski definition) is 5. The van der Waals surface area contributed by atoms with Crippen molar-refractivity contribution >= 4 is 22.5 Å². The Balaban J connectivity index is 1.41. The van der Waals surface area contributed by atoms with Crippen molar-refractivity contribution in [2.24, 2.45) is 0 Å². The molecular formula is C20H20FN7. The first-order chi connectivity index (χ1) is 13.7. The maximum atomic E-state index is 14.7. The molecular weight excluding hydrogens is 357 g/mol. The van der Waals surface area contributed by atoms with Gasteiger partial charge in [-0.05, 0) is 31.4 Å². The highest BCUT2D eigenvalue weighted by atomic mass is 19.1. The summed E-state index contributed by atoms with van der Waals surface area (Å²) in [6, 6.07) is 3.56. The first-order valence-corrected chi connectivity index (χ1v) is 9.47. The number of nitrogens with zero attached hydrogens (tertiary/aromatic N) is 5. The van der Waals surface area contributed by atoms with E-state index in [9.17, 15) is 4.39 Å². The number of aromatic nitrogens is 6. The number of rotatable bonds is 6. The molecule has 0 spiro atoms. The number of pyridine rings is 1. The maximum absolute atomic E-state index is 14.7. The first-order valence-electron chi connectivity index (χ1n) is 9.47. The summed E-state index contributed by atoms with van der Waals surface area (Å²) in [5.74, 6) is 0.475. The van der Waals surface area contributed by atoms with Gasteiger partial charge in [-0.1, -0.05) is 6.07 Å². The standard InChI is InChI=1S/C20H20FN7/c1-2-28-10-15(9-25-28)26-16-6-5-13(19(21)27-16)7-14-8-22-20-17(14)18(12-3-4-12)23-11-24-20/h5-6,8-12H,2-4,7H2,1H3,(H,26,27)(H,22,23,24). The van der Waals surface area contributed by atoms with Gasteiger partial charge in [0.2, 0.25) is 5.95 Å². The Labute approximate surface area is 161 Å². The van der Waals surface area contributed by atoms with Gasteiger partial charge in [0.25, 0.3) is 0 Å². The molecule has 0 amide bonds. The van der Waals surface area contributed by atoms with Gasteiger partial charge < -0.3 is 10.3 Å². The zero-order valence-electron chi connectivity index (χ0n) is 15.5. The minimum atomic E-state index is -0.480. The van der Waals surface area contributed by atoms with Crippen LogP contribution in [0.3, 0.4) is 0 Å². The zero-order chi connectivity index (χ0) is 19.1. The van der Waals surface area contributed by atoms with Crippen molar-refractivity contribution in [2.45, 2.75) is 38.6 Å². The van der Waals surface area contributed by atoms with Crippen LogP contribution in [0.1, 0.15) is 42.5 Å². The molecule has 5 rings (SSSR count). The van der Waals surface area contributed by atoms with E-state index >= 15 is 0 Å². The lowest BCUT2D eigenvalue weighted by molar-refractivity contribution is 0.572. The summed E-state index contributed by atoms with van der Waals surface area (Å²) in [5.41, 5.74) is 4.21. The fourth-order valence-corrected chi connectivity index (χ4v) is 3.48. The molecule has 2 N–H and O–H groups in total. The summed E-state index contributed by atoms with van der Waals surface area (Å²) < 4.78 is 16.5. The van der Waals surface area contributed by atoms with E-state index in [0.29, 0.717) is 23.7 Å². The molecule has 7 nitrogen and oxygen atoms in total. The highest BCUT2D eigenvalue weighted by Crippen LogP contribution is 2.42. The minimum absolute atomic E-state index is 0.444. The minimum Gasteiger partial charge on any atom is -0.346 e. The Morgan fingerprint density at radius 1 is 1.25 bits per heavy atom. The predicted octanol–water partition coefficient (Wildman–Crippen LogP) is 3.92. The Hall–Kier alpha value is -3.29. The van der Waals surface area contributed by atoms with Gasteiger partial charge >= 0.3 is 0 Å². The van der Waals surface area contributed by atoms with E-state index in [1.807, 2.05) is 19.3 Å². The third-order valence-corrected chi connectivity index (χ3v) is 5.08. The average Bonchev–Trinajstić information content (AvgIpc) is 3.32. The summed E-state index contributed by atoms with van der Waals surface area (Å²) in [7, 11) is 0. The predicted molar refractivity (Wildman–Crippen MR) is 104 cm³/mol. The number of aromatic amines is 1. The molecule has 1 aliphatic carbocycles. The molecule has 0 bridgehead atoms. The lowest BCUT2D eigenvalue weighted by Crippen LogP contribution is -2.00. The lowest BCUT2D eigenvalue weighted by atomic mass is 10.0. The molecule has 0 atom stereocenters. The second-order valence-corrected chi connectivity index (χ2v) is 7.10. The third kappa shape index (κ3) is 3.11. The molecule has 0 saturated heterocycles. The smallest absolute Gasteiger partial charge is 0.218 e. The molecule has 4 heterocycles. The third-order valence-electron chi connectivity index (χ3n) is 5.08. The van der Waals surface area contributed by atoms with Crippen LogP contribution in [0.4, 0.5) is 15.9 Å². The van der Waals surface area contributed by atoms with Crippen molar-refractivity contribution in [1.82, 2.24) is 29.7 Å². The number of fused-ring (bicyclic) bond motifs is 1. The fraction of sp³-hybridized carbons (Fsp3) is 0.300. The summed E-state index contributed by atoms with van der Waals surface area (Å²) in [6.07, 6.45) is 9.81. The Kier molecular flexibility index (Phi) is 4.03. The summed E-state index contributed by atoms with van der Waals surface area (Å²) in [5, 5.41) is 8.31. The summed E-state index contributed by atoms with van der Waals surface area (Å²) >= 11 is 0. The van der Waals surface area contributed by atoms with Crippen LogP contribution >= 0.6 is 0 Å². The van der Waals surface area contributed by atoms with E-state index in [1.165, 1.54) is 0 Å². The van der Waals surface area contributed by atoms with Crippen molar-refractivity contribution in [3.8, 4) is 0 Å². The van der Waals surface area contributed by atoms with Gasteiger partial charge in [0.1, 0.15) is 17.8 Å². The Bertz CT molecular complexity index is 1140. The molecule has 0 unspecified atom stereocenters. The number of aryl methyl sites for hydroxylation is 1. The van der Waals surface area contributed by atoms with Crippen molar-refractivity contribution < 1.29 is 4.39 Å². The van der Waals surface area contributed by atoms with E-state index in [2.05, 4.69) is 30.4 Å². The number of nitrogens with one attached hydrogen (secondary N) is 2. The first kappa shape index (κ1) is 16.9. The van der Waals surface area contributed by atoms with Crippen LogP contribution in [0, 0.1) is 5.95 Å². The normalized spacial score (nSPS) is 13.9. The van der Waals surface area contributed by atoms with Crippen LogP contribution in [0.15, 0.2) is 37.1 Å². The zero-order valence-corrected chi connectivity index (χ0v) is 15.5. The van der Waals surface area contributed by atoms with Crippen molar-refractivity contribution in [1.29, 1.82) is 0 Å². The quantitative estimate of drug-likeness (QED) is 0.498. The average molecular weight is 377 g/mol. The molecule has 4 aromatic heterocycles. The number of anilines is 2. The summed E-state index contributed by atoms with van der Waals surface area (Å²) in [6.45, 7) is 2.79. The molecule has 0 radical (unpaired) electrons. The molecule has 4 aromatic rings. The molecule has 1 aliphatic rings. The van der Waals surface area contributed by atoms with Crippen LogP contribution in [0.2, 0.25) is 0 Å². The highest BCUT2D eigenvalue weighted by molar-refractivity contribution is 5.83. The SMILES string of the molecule is CCn1cc(Nc2ccc(Cc3c[nH]c4ncnc(C5CC5)c34)c(F)n2)cn1. The van der Waals surface area contributed by atoms with E-state index in [-0.39, 0.29) is 0 Å². The molecule has 0 aliphatic heterocycles. The summed E-state index contributed by atoms with van der Waals surface area (Å²) in [4.78, 5) is 16.1. The fourth-order valence-electron chi connectivity index (χ4n) is 3.48. The Morgan fingerprint density at radius 2 is 2.14 bits per heavy atom. The van der Waals surface area contributed by atoms with Gasteiger partial charge in [0.15, 0.2) is 0 Å². The molecule has 142 valence electrons. The van der Waals surface area contributed by atoms with Crippen LogP contribution in [-0.2, 0) is 13.0 Å². The second kappa shape index (κ2) is 6.70. The number of halogens is 1. The largest absolute Gasteiger partial charge is 0.346 e. The highest BCUT2D eigenvalue weighted by Gasteiger charge is 2.28. The van der Waals surface area contributed by atoms with Gasteiger partial charge in [-0.25, -0.2) is 15.0 Å². The topological polar surface area (TPSA) is 84.3 Å². The maximum Gasteiger partial charge on any atom is 0.218 e. The Morgan fingerprint density at radius 3 is 2.89 bits per heavy atom. The van der Waals surface area contributed by atoms with Crippen LogP contribution in [-0.4, -0.2) is 29.7 Å². The van der Waals surface area contributed by atoms with E-state index in [0.717, 1.165) is 47.4 Å². The van der Waals surface area contributed by atoms with Crippen molar-refractivity contribution in [2.75, 3.05) is 5.32 Å². The monoisotopic (exact) mass is 377 g/mol. The molecule has 0 aromatic carbocycles. The number of hydrogen-bond donors (Lipinski definition) is 2. The second-order valence-electron chi connectivity index (χ2n) is 7.10. The van der Waals surface area contributed by atoms with Gasteiger partial charge in [-0.15, -0.1) is 0 Å². The molecule has 1 fully saturated rings.